The van der Waals surface area contributed by atoms with Gasteiger partial charge in [0, 0.05) is 28.7 Å². The third kappa shape index (κ3) is 1.59. The minimum atomic E-state index is 0.459. The highest BCUT2D eigenvalue weighted by Crippen LogP contribution is 2.29. The molecule has 0 aliphatic rings. The Morgan fingerprint density at radius 3 is 2.56 bits per heavy atom. The molecule has 2 heterocycles. The molecule has 0 aliphatic carbocycles. The molecule has 2 N–H and O–H groups in total. The number of anilines is 1. The molecular weight excluding hydrogens is 224 g/mol. The van der Waals surface area contributed by atoms with E-state index in [0.29, 0.717) is 5.82 Å². The molecule has 0 spiro atoms. The lowest BCUT2D eigenvalue weighted by atomic mass is 10.0. The van der Waals surface area contributed by atoms with Crippen LogP contribution in [0.5, 0.6) is 0 Å². The van der Waals surface area contributed by atoms with Gasteiger partial charge in [-0.15, -0.1) is 10.2 Å². The summed E-state index contributed by atoms with van der Waals surface area (Å²) in [6, 6.07) is 9.84. The maximum Gasteiger partial charge on any atom is 0.154 e. The Morgan fingerprint density at radius 1 is 1.00 bits per heavy atom. The Balaban J connectivity index is 2.38. The van der Waals surface area contributed by atoms with Crippen LogP contribution in [-0.2, 0) is 0 Å². The third-order valence-electron chi connectivity index (χ3n) is 2.99. The van der Waals surface area contributed by atoms with E-state index < -0.39 is 0 Å². The molecule has 3 aromatic rings. The highest BCUT2D eigenvalue weighted by atomic mass is 15.1. The second-order valence-electron chi connectivity index (χ2n) is 4.17. The highest BCUT2D eigenvalue weighted by molar-refractivity contribution is 5.99. The lowest BCUT2D eigenvalue weighted by Crippen LogP contribution is -1.98. The first-order valence-electron chi connectivity index (χ1n) is 5.69. The van der Waals surface area contributed by atoms with Gasteiger partial charge < -0.3 is 5.73 Å². The molecule has 4 heteroatoms. The van der Waals surface area contributed by atoms with E-state index in [1.807, 2.05) is 43.5 Å². The number of nitrogens with two attached hydrogens (primary N) is 1. The van der Waals surface area contributed by atoms with Crippen LogP contribution < -0.4 is 5.73 Å². The number of pyridine rings is 1. The fourth-order valence-corrected chi connectivity index (χ4v) is 2.06. The standard InChI is InChI=1S/C14H12N4/c1-9-8-16-7-6-10(9)13-11-4-2-3-5-12(11)14(15)18-17-13/h2-8H,1H3,(H2,15,18). The van der Waals surface area contributed by atoms with Gasteiger partial charge in [0.15, 0.2) is 5.82 Å². The van der Waals surface area contributed by atoms with Gasteiger partial charge in [-0.1, -0.05) is 24.3 Å². The van der Waals surface area contributed by atoms with Gasteiger partial charge in [0.2, 0.25) is 0 Å². The predicted molar refractivity (Wildman–Crippen MR) is 71.9 cm³/mol. The minimum Gasteiger partial charge on any atom is -0.382 e. The van der Waals surface area contributed by atoms with Crippen molar-refractivity contribution in [1.82, 2.24) is 15.2 Å². The molecule has 2 aromatic heterocycles. The van der Waals surface area contributed by atoms with Crippen LogP contribution in [0.25, 0.3) is 22.0 Å². The first-order valence-corrected chi connectivity index (χ1v) is 5.69. The monoisotopic (exact) mass is 236 g/mol. The predicted octanol–water partition coefficient (Wildman–Crippen LogP) is 2.58. The Hall–Kier alpha value is -2.49. The number of benzene rings is 1. The van der Waals surface area contributed by atoms with E-state index in [4.69, 9.17) is 5.73 Å². The van der Waals surface area contributed by atoms with E-state index in [0.717, 1.165) is 27.6 Å². The molecule has 0 radical (unpaired) electrons. The zero-order chi connectivity index (χ0) is 12.5. The normalized spacial score (nSPS) is 10.7. The van der Waals surface area contributed by atoms with Crippen LogP contribution in [0.1, 0.15) is 5.56 Å². The quantitative estimate of drug-likeness (QED) is 0.705. The number of nitrogen functional groups attached to an aromatic ring is 1. The van der Waals surface area contributed by atoms with Gasteiger partial charge in [0.05, 0.1) is 0 Å². The van der Waals surface area contributed by atoms with Gasteiger partial charge in [-0.2, -0.15) is 0 Å². The molecule has 4 nitrogen and oxygen atoms in total. The van der Waals surface area contributed by atoms with Crippen molar-refractivity contribution in [2.45, 2.75) is 6.92 Å². The smallest absolute Gasteiger partial charge is 0.154 e. The largest absolute Gasteiger partial charge is 0.382 e. The van der Waals surface area contributed by atoms with Crippen LogP contribution in [0.4, 0.5) is 5.82 Å². The van der Waals surface area contributed by atoms with E-state index in [-0.39, 0.29) is 0 Å². The third-order valence-corrected chi connectivity index (χ3v) is 2.99. The van der Waals surface area contributed by atoms with Crippen LogP contribution in [0, 0.1) is 6.92 Å². The summed E-state index contributed by atoms with van der Waals surface area (Å²) in [6.07, 6.45) is 3.58. The summed E-state index contributed by atoms with van der Waals surface area (Å²) in [7, 11) is 0. The van der Waals surface area contributed by atoms with E-state index >= 15 is 0 Å². The van der Waals surface area contributed by atoms with E-state index in [2.05, 4.69) is 15.2 Å². The van der Waals surface area contributed by atoms with Gasteiger partial charge in [-0.25, -0.2) is 0 Å². The van der Waals surface area contributed by atoms with Gasteiger partial charge in [-0.3, -0.25) is 4.98 Å². The first-order chi connectivity index (χ1) is 8.77. The summed E-state index contributed by atoms with van der Waals surface area (Å²) in [5.74, 6) is 0.459. The number of fused-ring (bicyclic) bond motifs is 1. The molecule has 0 unspecified atom stereocenters. The number of aromatic nitrogens is 3. The number of rotatable bonds is 1. The molecule has 0 saturated heterocycles. The topological polar surface area (TPSA) is 64.7 Å². The van der Waals surface area contributed by atoms with Gasteiger partial charge in [-0.05, 0) is 18.6 Å². The maximum absolute atomic E-state index is 5.86. The van der Waals surface area contributed by atoms with E-state index in [1.165, 1.54) is 0 Å². The Labute approximate surface area is 105 Å². The first kappa shape index (κ1) is 10.7. The fraction of sp³-hybridized carbons (Fsp3) is 0.0714. The van der Waals surface area contributed by atoms with Crippen molar-refractivity contribution in [2.24, 2.45) is 0 Å². The number of aryl methyl sites for hydroxylation is 1. The summed E-state index contributed by atoms with van der Waals surface area (Å²) < 4.78 is 0. The molecule has 0 atom stereocenters. The Morgan fingerprint density at radius 2 is 1.78 bits per heavy atom. The SMILES string of the molecule is Cc1cnccc1-c1nnc(N)c2ccccc12. The Bertz CT molecular complexity index is 722. The molecule has 3 rings (SSSR count). The van der Waals surface area contributed by atoms with Crippen molar-refractivity contribution >= 4 is 16.6 Å². The second-order valence-corrected chi connectivity index (χ2v) is 4.17. The fourth-order valence-electron chi connectivity index (χ4n) is 2.06. The zero-order valence-corrected chi connectivity index (χ0v) is 9.96. The average molecular weight is 236 g/mol. The lowest BCUT2D eigenvalue weighted by molar-refractivity contribution is 1.06. The summed E-state index contributed by atoms with van der Waals surface area (Å²) in [5.41, 5.74) is 8.81. The summed E-state index contributed by atoms with van der Waals surface area (Å²) in [6.45, 7) is 2.01. The van der Waals surface area contributed by atoms with Crippen LogP contribution in [0.2, 0.25) is 0 Å². The van der Waals surface area contributed by atoms with E-state index in [9.17, 15) is 0 Å². The van der Waals surface area contributed by atoms with Gasteiger partial charge >= 0.3 is 0 Å². The van der Waals surface area contributed by atoms with Crippen molar-refractivity contribution in [1.29, 1.82) is 0 Å². The van der Waals surface area contributed by atoms with Crippen molar-refractivity contribution < 1.29 is 0 Å². The van der Waals surface area contributed by atoms with Crippen molar-refractivity contribution in [3.63, 3.8) is 0 Å². The molecule has 0 amide bonds. The van der Waals surface area contributed by atoms with Gasteiger partial charge in [0.1, 0.15) is 5.69 Å². The Kier molecular flexibility index (Phi) is 2.41. The average Bonchev–Trinajstić information content (AvgIpc) is 2.41. The molecule has 0 bridgehead atoms. The maximum atomic E-state index is 5.86. The zero-order valence-electron chi connectivity index (χ0n) is 9.96. The van der Waals surface area contributed by atoms with Gasteiger partial charge in [0.25, 0.3) is 0 Å². The molecule has 0 fully saturated rings. The summed E-state index contributed by atoms with van der Waals surface area (Å²) >= 11 is 0. The number of nitrogens with zero attached hydrogens (tertiary/aromatic N) is 3. The second kappa shape index (κ2) is 4.07. The minimum absolute atomic E-state index is 0.459. The van der Waals surface area contributed by atoms with Crippen LogP contribution >= 0.6 is 0 Å². The van der Waals surface area contributed by atoms with Crippen molar-refractivity contribution in [2.75, 3.05) is 5.73 Å². The molecule has 88 valence electrons. The van der Waals surface area contributed by atoms with Crippen molar-refractivity contribution in [3.05, 3.63) is 48.3 Å². The van der Waals surface area contributed by atoms with Crippen molar-refractivity contribution in [3.8, 4) is 11.3 Å². The molecule has 18 heavy (non-hydrogen) atoms. The van der Waals surface area contributed by atoms with Crippen LogP contribution in [0.15, 0.2) is 42.7 Å². The number of hydrogen-bond donors (Lipinski definition) is 1. The summed E-state index contributed by atoms with van der Waals surface area (Å²) in [4.78, 5) is 4.10. The molecule has 0 saturated carbocycles. The van der Waals surface area contributed by atoms with Crippen LogP contribution in [0.3, 0.4) is 0 Å². The number of hydrogen-bond acceptors (Lipinski definition) is 4. The summed E-state index contributed by atoms with van der Waals surface area (Å²) in [5, 5.41) is 10.2. The lowest BCUT2D eigenvalue weighted by Gasteiger charge is -2.08. The van der Waals surface area contributed by atoms with E-state index in [1.54, 1.807) is 6.20 Å². The molecule has 0 aliphatic heterocycles. The van der Waals surface area contributed by atoms with Crippen LogP contribution in [-0.4, -0.2) is 15.2 Å². The molecular formula is C14H12N4. The highest BCUT2D eigenvalue weighted by Gasteiger charge is 2.10. The molecule has 1 aromatic carbocycles.